The lowest BCUT2D eigenvalue weighted by Crippen LogP contribution is -2.43. The molecule has 1 aromatic carbocycles. The van der Waals surface area contributed by atoms with Crippen LogP contribution in [0.25, 0.3) is 5.69 Å². The molecule has 3 heterocycles. The second kappa shape index (κ2) is 7.39. The molecule has 7 nitrogen and oxygen atoms in total. The second-order valence-corrected chi connectivity index (χ2v) is 8.05. The molecule has 1 spiro atoms. The Kier molecular flexibility index (Phi) is 4.93. The summed E-state index contributed by atoms with van der Waals surface area (Å²) in [5, 5.41) is 14.2. The van der Waals surface area contributed by atoms with E-state index in [4.69, 9.17) is 0 Å². The van der Waals surface area contributed by atoms with Crippen LogP contribution in [0.3, 0.4) is 0 Å². The first-order valence-corrected chi connectivity index (χ1v) is 9.78. The van der Waals surface area contributed by atoms with Crippen LogP contribution in [-0.4, -0.2) is 62.2 Å². The molecule has 0 unspecified atom stereocenters. The molecule has 2 aliphatic rings. The number of carboxylic acid groups (broad SMARTS) is 1. The van der Waals surface area contributed by atoms with Crippen LogP contribution >= 0.6 is 0 Å². The molecule has 2 saturated heterocycles. The summed E-state index contributed by atoms with van der Waals surface area (Å²) in [6, 6.07) is 9.39. The molecule has 2 fully saturated rings. The van der Waals surface area contributed by atoms with E-state index in [1.165, 1.54) is 0 Å². The number of carbonyl (C=O) groups excluding carboxylic acids is 1. The minimum atomic E-state index is -0.762. The zero-order valence-corrected chi connectivity index (χ0v) is 16.1. The van der Waals surface area contributed by atoms with Gasteiger partial charge in [-0.3, -0.25) is 14.5 Å². The highest BCUT2D eigenvalue weighted by atomic mass is 16.4. The van der Waals surface area contributed by atoms with Gasteiger partial charge in [0, 0.05) is 45.5 Å². The van der Waals surface area contributed by atoms with Crippen LogP contribution in [0.15, 0.2) is 42.7 Å². The minimum absolute atomic E-state index is 0.0182. The zero-order chi connectivity index (χ0) is 19.7. The topological polar surface area (TPSA) is 78.7 Å². The maximum Gasteiger partial charge on any atom is 0.320 e. The summed E-state index contributed by atoms with van der Waals surface area (Å²) in [5.41, 5.74) is 2.02. The van der Waals surface area contributed by atoms with Crippen molar-refractivity contribution in [2.24, 2.45) is 5.41 Å². The minimum Gasteiger partial charge on any atom is -0.480 e. The van der Waals surface area contributed by atoms with Crippen molar-refractivity contribution in [1.82, 2.24) is 19.6 Å². The average molecular weight is 382 g/mol. The maximum absolute atomic E-state index is 12.0. The summed E-state index contributed by atoms with van der Waals surface area (Å²) in [6.07, 6.45) is 6.03. The van der Waals surface area contributed by atoms with E-state index in [1.54, 1.807) is 13.1 Å². The Labute approximate surface area is 164 Å². The molecule has 0 radical (unpaired) electrons. The SMILES string of the molecule is CC(=O)N1CCC2(CC1)C[C@@H](C(=O)O)N(Cc1ccccc1-n1cccn1)C2. The summed E-state index contributed by atoms with van der Waals surface area (Å²) >= 11 is 0. The third-order valence-electron chi connectivity index (χ3n) is 6.28. The van der Waals surface area contributed by atoms with Crippen molar-refractivity contribution >= 4 is 11.9 Å². The van der Waals surface area contributed by atoms with E-state index in [2.05, 4.69) is 10.00 Å². The fourth-order valence-electron chi connectivity index (χ4n) is 4.71. The first-order chi connectivity index (χ1) is 13.5. The van der Waals surface area contributed by atoms with Gasteiger partial charge in [0.25, 0.3) is 0 Å². The first kappa shape index (κ1) is 18.7. The van der Waals surface area contributed by atoms with E-state index in [1.807, 2.05) is 46.1 Å². The lowest BCUT2D eigenvalue weighted by atomic mass is 9.76. The summed E-state index contributed by atoms with van der Waals surface area (Å²) in [7, 11) is 0. The van der Waals surface area contributed by atoms with Gasteiger partial charge in [-0.25, -0.2) is 4.68 Å². The fraction of sp³-hybridized carbons (Fsp3) is 0.476. The molecular weight excluding hydrogens is 356 g/mol. The van der Waals surface area contributed by atoms with Gasteiger partial charge < -0.3 is 10.0 Å². The van der Waals surface area contributed by atoms with Crippen molar-refractivity contribution in [1.29, 1.82) is 0 Å². The van der Waals surface area contributed by atoms with Crippen molar-refractivity contribution in [3.63, 3.8) is 0 Å². The van der Waals surface area contributed by atoms with Crippen LogP contribution < -0.4 is 0 Å². The largest absolute Gasteiger partial charge is 0.480 e. The number of carbonyl (C=O) groups is 2. The molecule has 1 N–H and O–H groups in total. The Morgan fingerprint density at radius 3 is 2.61 bits per heavy atom. The van der Waals surface area contributed by atoms with E-state index >= 15 is 0 Å². The van der Waals surface area contributed by atoms with Crippen molar-refractivity contribution < 1.29 is 14.7 Å². The Morgan fingerprint density at radius 2 is 1.96 bits per heavy atom. The molecule has 148 valence electrons. The Bertz CT molecular complexity index is 856. The molecule has 1 aromatic heterocycles. The number of nitrogens with zero attached hydrogens (tertiary/aromatic N) is 4. The van der Waals surface area contributed by atoms with E-state index in [-0.39, 0.29) is 11.3 Å². The van der Waals surface area contributed by atoms with Gasteiger partial charge >= 0.3 is 5.97 Å². The number of piperidine rings is 1. The monoisotopic (exact) mass is 382 g/mol. The van der Waals surface area contributed by atoms with Gasteiger partial charge in [0.1, 0.15) is 6.04 Å². The number of hydrogen-bond acceptors (Lipinski definition) is 4. The maximum atomic E-state index is 12.0. The van der Waals surface area contributed by atoms with Gasteiger partial charge in [0.05, 0.1) is 5.69 Å². The van der Waals surface area contributed by atoms with Gasteiger partial charge in [-0.2, -0.15) is 5.10 Å². The third-order valence-corrected chi connectivity index (χ3v) is 6.28. The number of hydrogen-bond donors (Lipinski definition) is 1. The van der Waals surface area contributed by atoms with Crippen molar-refractivity contribution in [2.75, 3.05) is 19.6 Å². The number of carboxylic acids is 1. The summed E-state index contributed by atoms with van der Waals surface area (Å²) in [4.78, 5) is 27.6. The number of para-hydroxylation sites is 1. The molecule has 0 aliphatic carbocycles. The van der Waals surface area contributed by atoms with Crippen LogP contribution in [0.5, 0.6) is 0 Å². The molecule has 2 aromatic rings. The van der Waals surface area contributed by atoms with Crippen LogP contribution in [0.2, 0.25) is 0 Å². The summed E-state index contributed by atoms with van der Waals surface area (Å²) in [5.74, 6) is -0.657. The van der Waals surface area contributed by atoms with Crippen molar-refractivity contribution in [3.05, 3.63) is 48.3 Å². The van der Waals surface area contributed by atoms with Gasteiger partial charge in [0.2, 0.25) is 5.91 Å². The standard InChI is InChI=1S/C21H26N4O3/c1-16(26)23-11-7-21(8-12-23)13-19(20(27)28)24(15-21)14-17-5-2-3-6-18(17)25-10-4-9-22-25/h2-6,9-10,19H,7-8,11-15H2,1H3,(H,27,28)/t19-/m0/s1. The molecule has 28 heavy (non-hydrogen) atoms. The van der Waals surface area contributed by atoms with Crippen LogP contribution in [-0.2, 0) is 16.1 Å². The van der Waals surface area contributed by atoms with Gasteiger partial charge in [-0.1, -0.05) is 18.2 Å². The average Bonchev–Trinajstić information content (AvgIpc) is 3.32. The Balaban J connectivity index is 1.55. The number of benzene rings is 1. The molecular formula is C21H26N4O3. The number of rotatable bonds is 4. The lowest BCUT2D eigenvalue weighted by Gasteiger charge is -2.39. The number of amides is 1. The van der Waals surface area contributed by atoms with Crippen LogP contribution in [0.4, 0.5) is 0 Å². The Morgan fingerprint density at radius 1 is 1.21 bits per heavy atom. The molecule has 4 rings (SSSR count). The zero-order valence-electron chi connectivity index (χ0n) is 16.1. The fourth-order valence-corrected chi connectivity index (χ4v) is 4.71. The smallest absolute Gasteiger partial charge is 0.320 e. The van der Waals surface area contributed by atoms with Gasteiger partial charge in [-0.15, -0.1) is 0 Å². The van der Waals surface area contributed by atoms with Crippen molar-refractivity contribution in [3.8, 4) is 5.69 Å². The predicted octanol–water partition coefficient (Wildman–Crippen LogP) is 2.16. The highest BCUT2D eigenvalue weighted by molar-refractivity contribution is 5.74. The lowest BCUT2D eigenvalue weighted by molar-refractivity contribution is -0.142. The number of aliphatic carboxylic acids is 1. The van der Waals surface area contributed by atoms with E-state index in [0.29, 0.717) is 13.0 Å². The van der Waals surface area contributed by atoms with Gasteiger partial charge in [0.15, 0.2) is 0 Å². The van der Waals surface area contributed by atoms with Crippen LogP contribution in [0, 0.1) is 5.41 Å². The van der Waals surface area contributed by atoms with Crippen molar-refractivity contribution in [2.45, 2.75) is 38.8 Å². The first-order valence-electron chi connectivity index (χ1n) is 9.78. The highest BCUT2D eigenvalue weighted by Gasteiger charge is 2.48. The number of aromatic nitrogens is 2. The quantitative estimate of drug-likeness (QED) is 0.877. The predicted molar refractivity (Wildman–Crippen MR) is 104 cm³/mol. The summed E-state index contributed by atoms with van der Waals surface area (Å²) in [6.45, 7) is 4.37. The highest BCUT2D eigenvalue weighted by Crippen LogP contribution is 2.44. The molecule has 2 aliphatic heterocycles. The third kappa shape index (κ3) is 3.54. The van der Waals surface area contributed by atoms with Gasteiger partial charge in [-0.05, 0) is 42.4 Å². The molecule has 7 heteroatoms. The molecule has 0 saturated carbocycles. The summed E-state index contributed by atoms with van der Waals surface area (Å²) < 4.78 is 1.82. The van der Waals surface area contributed by atoms with E-state index < -0.39 is 12.0 Å². The molecule has 1 atom stereocenters. The second-order valence-electron chi connectivity index (χ2n) is 8.05. The Hall–Kier alpha value is -2.67. The van der Waals surface area contributed by atoms with E-state index in [9.17, 15) is 14.7 Å². The molecule has 0 bridgehead atoms. The van der Waals surface area contributed by atoms with E-state index in [0.717, 1.165) is 43.7 Å². The van der Waals surface area contributed by atoms with Crippen LogP contribution in [0.1, 0.15) is 31.7 Å². The normalized spacial score (nSPS) is 21.9. The molecule has 1 amide bonds. The number of likely N-dealkylation sites (tertiary alicyclic amines) is 2.